The van der Waals surface area contributed by atoms with E-state index in [9.17, 15) is 4.79 Å². The second kappa shape index (κ2) is 6.44. The van der Waals surface area contributed by atoms with E-state index in [2.05, 4.69) is 15.5 Å². The number of carbonyl (C=O) groups is 1. The summed E-state index contributed by atoms with van der Waals surface area (Å²) < 4.78 is 6.71. The Hall–Kier alpha value is -1.95. The summed E-state index contributed by atoms with van der Waals surface area (Å²) in [6.45, 7) is 1.45. The van der Waals surface area contributed by atoms with E-state index in [1.807, 2.05) is 12.1 Å². The molecule has 1 fully saturated rings. The molecular formula is C16H22N4O2. The Kier molecular flexibility index (Phi) is 4.38. The van der Waals surface area contributed by atoms with Crippen molar-refractivity contribution in [3.05, 3.63) is 30.1 Å². The minimum Gasteiger partial charge on any atom is -0.385 e. The van der Waals surface area contributed by atoms with Gasteiger partial charge in [-0.1, -0.05) is 12.8 Å². The predicted molar refractivity (Wildman–Crippen MR) is 82.7 cm³/mol. The van der Waals surface area contributed by atoms with Crippen LogP contribution in [0.5, 0.6) is 0 Å². The molecule has 3 rings (SSSR count). The zero-order valence-corrected chi connectivity index (χ0v) is 12.9. The fourth-order valence-electron chi connectivity index (χ4n) is 3.33. The van der Waals surface area contributed by atoms with Crippen molar-refractivity contribution >= 4 is 11.4 Å². The summed E-state index contributed by atoms with van der Waals surface area (Å²) in [5.74, 6) is -0.0771. The normalized spacial score (nSPS) is 17.0. The number of amides is 1. The van der Waals surface area contributed by atoms with Crippen LogP contribution in [0.15, 0.2) is 24.5 Å². The van der Waals surface area contributed by atoms with E-state index in [4.69, 9.17) is 4.74 Å². The molecule has 0 aliphatic heterocycles. The van der Waals surface area contributed by atoms with E-state index in [-0.39, 0.29) is 11.3 Å². The van der Waals surface area contributed by atoms with Gasteiger partial charge in [-0.15, -0.1) is 0 Å². The second-order valence-corrected chi connectivity index (χ2v) is 6.09. The predicted octanol–water partition coefficient (Wildman–Crippen LogP) is 2.06. The lowest BCUT2D eigenvalue weighted by Gasteiger charge is -2.29. The van der Waals surface area contributed by atoms with Gasteiger partial charge in [0, 0.05) is 26.5 Å². The van der Waals surface area contributed by atoms with E-state index < -0.39 is 0 Å². The largest absolute Gasteiger partial charge is 0.385 e. The van der Waals surface area contributed by atoms with E-state index in [1.165, 1.54) is 17.5 Å². The lowest BCUT2D eigenvalue weighted by atomic mass is 9.83. The van der Waals surface area contributed by atoms with Crippen LogP contribution in [0, 0.1) is 5.41 Å². The summed E-state index contributed by atoms with van der Waals surface area (Å²) >= 11 is 0. The molecular weight excluding hydrogens is 280 g/mol. The molecule has 0 atom stereocenters. The zero-order chi connectivity index (χ0) is 15.4. The van der Waals surface area contributed by atoms with Gasteiger partial charge >= 0.3 is 0 Å². The fraction of sp³-hybridized carbons (Fsp3) is 0.562. The van der Waals surface area contributed by atoms with Crippen LogP contribution in [0.4, 0.5) is 0 Å². The summed E-state index contributed by atoms with van der Waals surface area (Å²) in [5, 5.41) is 11.3. The lowest BCUT2D eigenvalue weighted by Crippen LogP contribution is -2.36. The highest BCUT2D eigenvalue weighted by atomic mass is 16.5. The van der Waals surface area contributed by atoms with Crippen molar-refractivity contribution in [1.29, 1.82) is 0 Å². The first kappa shape index (κ1) is 15.0. The number of methoxy groups -OCH3 is 1. The maximum Gasteiger partial charge on any atom is 0.255 e. The van der Waals surface area contributed by atoms with Gasteiger partial charge in [0.1, 0.15) is 5.52 Å². The highest BCUT2D eigenvalue weighted by molar-refractivity contribution is 6.00. The molecule has 0 spiro atoms. The van der Waals surface area contributed by atoms with Gasteiger partial charge in [0.25, 0.3) is 5.91 Å². The molecule has 1 N–H and O–H groups in total. The van der Waals surface area contributed by atoms with Crippen molar-refractivity contribution < 1.29 is 9.53 Å². The first-order valence-electron chi connectivity index (χ1n) is 7.80. The Labute approximate surface area is 129 Å². The topological polar surface area (TPSA) is 68.5 Å². The van der Waals surface area contributed by atoms with Gasteiger partial charge in [-0.05, 0) is 36.8 Å². The monoisotopic (exact) mass is 302 g/mol. The highest BCUT2D eigenvalue weighted by Gasteiger charge is 2.34. The molecule has 1 amide bonds. The van der Waals surface area contributed by atoms with Crippen LogP contribution >= 0.6 is 0 Å². The van der Waals surface area contributed by atoms with Gasteiger partial charge in [-0.25, -0.2) is 0 Å². The second-order valence-electron chi connectivity index (χ2n) is 6.09. The van der Waals surface area contributed by atoms with Gasteiger partial charge in [-0.2, -0.15) is 14.8 Å². The molecule has 2 aromatic rings. The zero-order valence-electron chi connectivity index (χ0n) is 12.9. The minimum absolute atomic E-state index is 0.0771. The standard InChI is InChI=1S/C16H22N4O2/c1-22-10-8-16(6-2-3-7-16)12-17-15(21)13-11-19-20-14(13)5-4-9-18-20/h4-5,9,11H,2-3,6-8,10,12H2,1H3,(H,17,21). The molecule has 0 saturated heterocycles. The van der Waals surface area contributed by atoms with Crippen molar-refractivity contribution in [2.75, 3.05) is 20.3 Å². The lowest BCUT2D eigenvalue weighted by molar-refractivity contribution is 0.0905. The first-order chi connectivity index (χ1) is 10.7. The molecule has 6 nitrogen and oxygen atoms in total. The number of carbonyl (C=O) groups excluding carboxylic acids is 1. The third-order valence-corrected chi connectivity index (χ3v) is 4.67. The van der Waals surface area contributed by atoms with Crippen LogP contribution < -0.4 is 5.32 Å². The molecule has 6 heteroatoms. The van der Waals surface area contributed by atoms with Crippen LogP contribution in [-0.4, -0.2) is 41.0 Å². The molecule has 0 unspecified atom stereocenters. The Morgan fingerprint density at radius 2 is 2.23 bits per heavy atom. The van der Waals surface area contributed by atoms with E-state index >= 15 is 0 Å². The summed E-state index contributed by atoms with van der Waals surface area (Å²) in [7, 11) is 1.73. The van der Waals surface area contributed by atoms with Crippen LogP contribution in [0.1, 0.15) is 42.5 Å². The van der Waals surface area contributed by atoms with Crippen molar-refractivity contribution in [1.82, 2.24) is 20.1 Å². The Morgan fingerprint density at radius 1 is 1.41 bits per heavy atom. The minimum atomic E-state index is -0.0771. The molecule has 118 valence electrons. The van der Waals surface area contributed by atoms with Crippen molar-refractivity contribution in [3.8, 4) is 0 Å². The van der Waals surface area contributed by atoms with Crippen molar-refractivity contribution in [2.24, 2.45) is 5.41 Å². The summed E-state index contributed by atoms with van der Waals surface area (Å²) in [4.78, 5) is 12.5. The van der Waals surface area contributed by atoms with Crippen LogP contribution in [0.25, 0.3) is 5.52 Å². The summed E-state index contributed by atoms with van der Waals surface area (Å²) in [6, 6.07) is 3.66. The van der Waals surface area contributed by atoms with Crippen molar-refractivity contribution in [2.45, 2.75) is 32.1 Å². The number of nitrogens with zero attached hydrogens (tertiary/aromatic N) is 3. The van der Waals surface area contributed by atoms with Gasteiger partial charge in [-0.3, -0.25) is 4.79 Å². The smallest absolute Gasteiger partial charge is 0.255 e. The van der Waals surface area contributed by atoms with E-state index in [0.29, 0.717) is 12.1 Å². The Bertz CT molecular complexity index is 646. The molecule has 22 heavy (non-hydrogen) atoms. The number of nitrogens with one attached hydrogen (secondary N) is 1. The van der Waals surface area contributed by atoms with Crippen LogP contribution in [0.3, 0.4) is 0 Å². The molecule has 0 aromatic carbocycles. The van der Waals surface area contributed by atoms with Gasteiger partial charge < -0.3 is 10.1 Å². The molecule has 1 aliphatic rings. The average Bonchev–Trinajstić information content (AvgIpc) is 3.18. The number of rotatable bonds is 6. The van der Waals surface area contributed by atoms with Gasteiger partial charge in [0.05, 0.1) is 11.8 Å². The highest BCUT2D eigenvalue weighted by Crippen LogP contribution is 2.40. The van der Waals surface area contributed by atoms with Crippen LogP contribution in [-0.2, 0) is 4.74 Å². The summed E-state index contributed by atoms with van der Waals surface area (Å²) in [5.41, 5.74) is 1.50. The maximum atomic E-state index is 12.5. The molecule has 0 bridgehead atoms. The van der Waals surface area contributed by atoms with Crippen molar-refractivity contribution in [3.63, 3.8) is 0 Å². The summed E-state index contributed by atoms with van der Waals surface area (Å²) in [6.07, 6.45) is 9.02. The molecule has 2 heterocycles. The maximum absolute atomic E-state index is 12.5. The number of aromatic nitrogens is 3. The van der Waals surface area contributed by atoms with Crippen LogP contribution in [0.2, 0.25) is 0 Å². The number of ether oxygens (including phenoxy) is 1. The van der Waals surface area contributed by atoms with E-state index in [0.717, 1.165) is 31.4 Å². The molecule has 0 radical (unpaired) electrons. The van der Waals surface area contributed by atoms with Gasteiger partial charge in [0.15, 0.2) is 0 Å². The quantitative estimate of drug-likeness (QED) is 0.887. The third kappa shape index (κ3) is 2.97. The number of hydrogen-bond acceptors (Lipinski definition) is 4. The molecule has 2 aromatic heterocycles. The number of hydrogen-bond donors (Lipinski definition) is 1. The Morgan fingerprint density at radius 3 is 3.00 bits per heavy atom. The Balaban J connectivity index is 1.68. The van der Waals surface area contributed by atoms with Gasteiger partial charge in [0.2, 0.25) is 0 Å². The fourth-order valence-corrected chi connectivity index (χ4v) is 3.33. The first-order valence-corrected chi connectivity index (χ1v) is 7.80. The number of fused-ring (bicyclic) bond motifs is 1. The molecule has 1 saturated carbocycles. The van der Waals surface area contributed by atoms with E-state index in [1.54, 1.807) is 19.5 Å². The molecule has 1 aliphatic carbocycles. The third-order valence-electron chi connectivity index (χ3n) is 4.67. The average molecular weight is 302 g/mol. The SMILES string of the molecule is COCCC1(CNC(=O)c2cnn3ncccc23)CCCC1.